The number of nitro groups is 1. The minimum Gasteiger partial charge on any atom is -0.507 e. The number of carbonyl (C=O) groups excluding carboxylic acids is 2. The van der Waals surface area contributed by atoms with Gasteiger partial charge in [0, 0.05) is 30.4 Å². The van der Waals surface area contributed by atoms with E-state index in [9.17, 15) is 24.8 Å². The third kappa shape index (κ3) is 4.19. The Kier molecular flexibility index (Phi) is 6.50. The molecule has 2 heterocycles. The first-order valence-corrected chi connectivity index (χ1v) is 9.08. The zero-order valence-corrected chi connectivity index (χ0v) is 15.8. The zero-order chi connectivity index (χ0) is 21.7. The summed E-state index contributed by atoms with van der Waals surface area (Å²) in [5.41, 5.74) is 0.211. The summed E-state index contributed by atoms with van der Waals surface area (Å²) in [4.78, 5) is 41.1. The number of non-ortho nitro benzene ring substituents is 1. The molecule has 1 aromatic heterocycles. The Morgan fingerprint density at radius 3 is 2.50 bits per heavy atom. The van der Waals surface area contributed by atoms with E-state index in [2.05, 4.69) is 4.98 Å². The number of pyridine rings is 1. The monoisotopic (exact) mass is 413 g/mol. The molecule has 0 saturated carbocycles. The van der Waals surface area contributed by atoms with Crippen LogP contribution in [0.1, 0.15) is 17.3 Å². The van der Waals surface area contributed by atoms with Gasteiger partial charge in [0.15, 0.2) is 0 Å². The molecule has 1 unspecified atom stereocenters. The van der Waals surface area contributed by atoms with E-state index in [0.29, 0.717) is 5.69 Å². The van der Waals surface area contributed by atoms with Gasteiger partial charge in [-0.1, -0.05) is 6.07 Å². The number of hydrogen-bond acceptors (Lipinski definition) is 8. The van der Waals surface area contributed by atoms with Gasteiger partial charge in [-0.25, -0.2) is 0 Å². The molecule has 1 fully saturated rings. The van der Waals surface area contributed by atoms with Crippen LogP contribution >= 0.6 is 0 Å². The van der Waals surface area contributed by atoms with Crippen molar-refractivity contribution in [3.8, 4) is 0 Å². The summed E-state index contributed by atoms with van der Waals surface area (Å²) in [6.07, 6.45) is 1.50. The van der Waals surface area contributed by atoms with Gasteiger partial charge in [0.05, 0.1) is 36.0 Å². The number of Topliss-reactive ketones (excluding diaryl/α,β-unsaturated/α-hetero) is 1. The molecule has 2 N–H and O–H groups in total. The number of amides is 1. The summed E-state index contributed by atoms with van der Waals surface area (Å²) < 4.78 is 5.21. The van der Waals surface area contributed by atoms with E-state index in [1.165, 1.54) is 35.4 Å². The minimum absolute atomic E-state index is 0.0445. The highest BCUT2D eigenvalue weighted by Crippen LogP contribution is 2.38. The maximum atomic E-state index is 12.8. The Hall–Kier alpha value is -3.63. The molecular formula is C20H19N3O7. The lowest BCUT2D eigenvalue weighted by molar-refractivity contribution is -0.384. The van der Waals surface area contributed by atoms with Crippen molar-refractivity contribution in [1.82, 2.24) is 9.88 Å². The Balaban J connectivity index is 2.03. The fraction of sp³-hybridized carbons (Fsp3) is 0.250. The highest BCUT2D eigenvalue weighted by Gasteiger charge is 2.46. The normalized spacial score (nSPS) is 18.0. The molecule has 0 aliphatic carbocycles. The molecule has 1 aliphatic rings. The van der Waals surface area contributed by atoms with Crippen LogP contribution in [0.2, 0.25) is 0 Å². The lowest BCUT2D eigenvalue weighted by atomic mass is 9.98. The predicted octanol–water partition coefficient (Wildman–Crippen LogP) is 1.42. The first kappa shape index (κ1) is 21.1. The number of rotatable bonds is 8. The third-order valence-corrected chi connectivity index (χ3v) is 4.57. The lowest BCUT2D eigenvalue weighted by Crippen LogP contribution is -2.33. The average Bonchev–Trinajstić information content (AvgIpc) is 3.01. The molecule has 0 bridgehead atoms. The van der Waals surface area contributed by atoms with Crippen molar-refractivity contribution in [1.29, 1.82) is 0 Å². The van der Waals surface area contributed by atoms with Crippen LogP contribution in [0.3, 0.4) is 0 Å². The van der Waals surface area contributed by atoms with Crippen LogP contribution in [0.4, 0.5) is 5.69 Å². The highest BCUT2D eigenvalue weighted by atomic mass is 16.6. The summed E-state index contributed by atoms with van der Waals surface area (Å²) in [6.45, 7) is 0.0287. The second-order valence-electron chi connectivity index (χ2n) is 6.39. The van der Waals surface area contributed by atoms with Gasteiger partial charge in [-0.3, -0.25) is 24.7 Å². The van der Waals surface area contributed by atoms with E-state index in [-0.39, 0.29) is 43.2 Å². The molecule has 10 heteroatoms. The second-order valence-corrected chi connectivity index (χ2v) is 6.39. The van der Waals surface area contributed by atoms with Crippen LogP contribution in [0.25, 0.3) is 5.76 Å². The van der Waals surface area contributed by atoms with Gasteiger partial charge in [0.1, 0.15) is 11.8 Å². The van der Waals surface area contributed by atoms with Gasteiger partial charge in [0.2, 0.25) is 0 Å². The first-order chi connectivity index (χ1) is 14.5. The van der Waals surface area contributed by atoms with E-state index < -0.39 is 28.4 Å². The highest BCUT2D eigenvalue weighted by molar-refractivity contribution is 6.46. The van der Waals surface area contributed by atoms with E-state index in [4.69, 9.17) is 9.84 Å². The van der Waals surface area contributed by atoms with Crippen molar-refractivity contribution in [2.45, 2.75) is 6.04 Å². The second kappa shape index (κ2) is 9.25. The summed E-state index contributed by atoms with van der Waals surface area (Å²) in [6, 6.07) is 9.06. The molecule has 1 saturated heterocycles. The van der Waals surface area contributed by atoms with Crippen LogP contribution in [0.5, 0.6) is 0 Å². The van der Waals surface area contributed by atoms with E-state index in [1.54, 1.807) is 18.2 Å². The number of aliphatic hydroxyl groups excluding tert-OH is 2. The largest absolute Gasteiger partial charge is 0.507 e. The van der Waals surface area contributed by atoms with Crippen molar-refractivity contribution < 1.29 is 29.5 Å². The number of benzene rings is 1. The van der Waals surface area contributed by atoms with Crippen molar-refractivity contribution in [2.24, 2.45) is 0 Å². The lowest BCUT2D eigenvalue weighted by Gasteiger charge is -2.24. The van der Waals surface area contributed by atoms with Crippen molar-refractivity contribution >= 4 is 23.1 Å². The van der Waals surface area contributed by atoms with Crippen LogP contribution in [0.15, 0.2) is 54.2 Å². The Bertz CT molecular complexity index is 974. The standard InChI is InChI=1S/C20H19N3O7/c24-10-12-30-11-9-22-17(15-3-1-2-8-21-15)16(19(26)20(22)27)18(25)13-4-6-14(7-5-13)23(28)29/h1-8,17,24-25H,9-12H2/b18-16+. The maximum Gasteiger partial charge on any atom is 0.295 e. The number of ether oxygens (including phenoxy) is 1. The Morgan fingerprint density at radius 2 is 1.90 bits per heavy atom. The molecule has 1 amide bonds. The fourth-order valence-electron chi connectivity index (χ4n) is 3.18. The topological polar surface area (TPSA) is 143 Å². The minimum atomic E-state index is -0.945. The van der Waals surface area contributed by atoms with Crippen molar-refractivity contribution in [2.75, 3.05) is 26.4 Å². The zero-order valence-electron chi connectivity index (χ0n) is 15.8. The number of aromatic nitrogens is 1. The third-order valence-electron chi connectivity index (χ3n) is 4.57. The van der Waals surface area contributed by atoms with Crippen molar-refractivity contribution in [3.05, 3.63) is 75.6 Å². The number of nitro benzene ring substituents is 1. The fourth-order valence-corrected chi connectivity index (χ4v) is 3.18. The molecule has 156 valence electrons. The number of hydrogen-bond donors (Lipinski definition) is 2. The van der Waals surface area contributed by atoms with Crippen LogP contribution < -0.4 is 0 Å². The molecule has 30 heavy (non-hydrogen) atoms. The number of nitrogens with zero attached hydrogens (tertiary/aromatic N) is 3. The number of aliphatic hydroxyl groups is 2. The maximum absolute atomic E-state index is 12.8. The first-order valence-electron chi connectivity index (χ1n) is 9.08. The number of ketones is 1. The quantitative estimate of drug-likeness (QED) is 0.165. The van der Waals surface area contributed by atoms with Gasteiger partial charge in [-0.05, 0) is 24.3 Å². The SMILES string of the molecule is O=C1C(=O)N(CCOCCO)C(c2ccccn2)/C1=C(\O)c1ccc([N+](=O)[O-])cc1. The molecule has 1 aliphatic heterocycles. The predicted molar refractivity (Wildman–Crippen MR) is 104 cm³/mol. The summed E-state index contributed by atoms with van der Waals surface area (Å²) >= 11 is 0. The van der Waals surface area contributed by atoms with E-state index in [1.807, 2.05) is 0 Å². The van der Waals surface area contributed by atoms with Gasteiger partial charge in [-0.2, -0.15) is 0 Å². The molecule has 0 radical (unpaired) electrons. The smallest absolute Gasteiger partial charge is 0.295 e. The van der Waals surface area contributed by atoms with Crippen LogP contribution in [-0.2, 0) is 14.3 Å². The molecule has 1 aromatic carbocycles. The van der Waals surface area contributed by atoms with Gasteiger partial charge in [0.25, 0.3) is 17.4 Å². The van der Waals surface area contributed by atoms with Crippen LogP contribution in [-0.4, -0.2) is 63.1 Å². The molecule has 1 atom stereocenters. The van der Waals surface area contributed by atoms with Crippen LogP contribution in [0, 0.1) is 10.1 Å². The molecule has 0 spiro atoms. The molecule has 2 aromatic rings. The Morgan fingerprint density at radius 1 is 1.17 bits per heavy atom. The van der Waals surface area contributed by atoms with E-state index >= 15 is 0 Å². The molecule has 10 nitrogen and oxygen atoms in total. The number of carbonyl (C=O) groups is 2. The summed E-state index contributed by atoms with van der Waals surface area (Å²) in [5.74, 6) is -2.15. The van der Waals surface area contributed by atoms with Gasteiger partial charge >= 0.3 is 0 Å². The van der Waals surface area contributed by atoms with E-state index in [0.717, 1.165) is 0 Å². The summed E-state index contributed by atoms with van der Waals surface area (Å²) in [5, 5.41) is 30.5. The van der Waals surface area contributed by atoms with Crippen molar-refractivity contribution in [3.63, 3.8) is 0 Å². The van der Waals surface area contributed by atoms with Gasteiger partial charge < -0.3 is 19.8 Å². The van der Waals surface area contributed by atoms with Gasteiger partial charge in [-0.15, -0.1) is 0 Å². The average molecular weight is 413 g/mol. The summed E-state index contributed by atoms with van der Waals surface area (Å²) in [7, 11) is 0. The Labute approximate surface area is 171 Å². The molecule has 3 rings (SSSR count). The number of likely N-dealkylation sites (tertiary alicyclic amines) is 1. The molecular weight excluding hydrogens is 394 g/mol.